The molecule has 0 radical (unpaired) electrons. The van der Waals surface area contributed by atoms with Crippen molar-refractivity contribution in [2.45, 2.75) is 85.0 Å². The second kappa shape index (κ2) is 21.9. The second-order valence-electron chi connectivity index (χ2n) is 18.6. The van der Waals surface area contributed by atoms with Gasteiger partial charge in [-0.25, -0.2) is 4.98 Å². The molecule has 0 bridgehead atoms. The first-order valence-corrected chi connectivity index (χ1v) is 23.5. The van der Waals surface area contributed by atoms with Crippen LogP contribution in [-0.4, -0.2) is 93.2 Å². The van der Waals surface area contributed by atoms with Crippen LogP contribution in [0.2, 0.25) is 0 Å². The number of methoxy groups -OCH3 is 1. The van der Waals surface area contributed by atoms with Crippen LogP contribution in [0.4, 0.5) is 26.3 Å². The highest BCUT2D eigenvalue weighted by Gasteiger charge is 2.36. The lowest BCUT2D eigenvalue weighted by Gasteiger charge is -2.39. The predicted molar refractivity (Wildman–Crippen MR) is 254 cm³/mol. The number of halogens is 6. The van der Waals surface area contributed by atoms with E-state index >= 15 is 0 Å². The molecule has 70 heavy (non-hydrogen) atoms. The van der Waals surface area contributed by atoms with E-state index in [0.29, 0.717) is 22.6 Å². The van der Waals surface area contributed by atoms with E-state index in [9.17, 15) is 35.9 Å². The number of rotatable bonds is 15. The molecule has 1 aromatic heterocycles. The molecular formula is C53H61F6N5O6. The first-order chi connectivity index (χ1) is 33.2. The lowest BCUT2D eigenvalue weighted by Crippen LogP contribution is -2.53. The molecule has 2 aliphatic carbocycles. The Labute approximate surface area is 405 Å². The molecule has 0 atom stereocenters. The standard InChI is InChI=1S/C28H33F3N2O3.C25H28F3N3O3/c1-17(2)36-25-10-19(9-23(12-25)28(29,30)31)16-35-24-7-8-26-18(3)21(6-5-20(26)11-24)13-33-14-22(15-33)27(34)32-4;1-15-17(11-31-12-19(13-31)23(32)29-2)5-4-16-10-20(7-8-21(15)16)34-14-18-6-9-22(25(26,27)28)30-24(18)33-3/h7-12,17,22H,5-6,13-16H2,1-4H3,(H,32,34);6-10,19H,4-5,11-14H2,1-3H3,(H,29,32). The number of aromatic nitrogens is 1. The third-order valence-corrected chi connectivity index (χ3v) is 13.3. The minimum absolute atomic E-state index is 0.0126. The fourth-order valence-corrected chi connectivity index (χ4v) is 9.35. The van der Waals surface area contributed by atoms with Crippen LogP contribution < -0.4 is 29.6 Å². The van der Waals surface area contributed by atoms with E-state index in [-0.39, 0.29) is 54.6 Å². The van der Waals surface area contributed by atoms with Gasteiger partial charge in [0.2, 0.25) is 17.7 Å². The highest BCUT2D eigenvalue weighted by atomic mass is 19.4. The number of ether oxygens (including phenoxy) is 4. The smallest absolute Gasteiger partial charge is 0.433 e. The number of carbonyl (C=O) groups is 2. The Bertz CT molecular complexity index is 2620. The molecule has 376 valence electrons. The molecule has 11 nitrogen and oxygen atoms in total. The van der Waals surface area contributed by atoms with Crippen LogP contribution in [0, 0.1) is 11.8 Å². The Balaban J connectivity index is 0.000000207. The summed E-state index contributed by atoms with van der Waals surface area (Å²) >= 11 is 0. The molecule has 2 N–H and O–H groups in total. The Morgan fingerprint density at radius 1 is 0.671 bits per heavy atom. The van der Waals surface area contributed by atoms with Gasteiger partial charge in [-0.2, -0.15) is 26.3 Å². The van der Waals surface area contributed by atoms with Gasteiger partial charge in [-0.1, -0.05) is 23.3 Å². The monoisotopic (exact) mass is 977 g/mol. The van der Waals surface area contributed by atoms with Crippen LogP contribution in [-0.2, 0) is 48.0 Å². The fraction of sp³-hybridized carbons (Fsp3) is 0.453. The minimum atomic E-state index is -4.53. The molecule has 2 fully saturated rings. The van der Waals surface area contributed by atoms with Gasteiger partial charge in [0.25, 0.3) is 0 Å². The fourth-order valence-electron chi connectivity index (χ4n) is 9.35. The summed E-state index contributed by atoms with van der Waals surface area (Å²) in [5.41, 5.74) is 9.09. The maximum atomic E-state index is 13.4. The molecule has 17 heteroatoms. The van der Waals surface area contributed by atoms with Crippen molar-refractivity contribution >= 4 is 23.0 Å². The molecule has 2 amide bonds. The first-order valence-electron chi connectivity index (χ1n) is 23.5. The van der Waals surface area contributed by atoms with Gasteiger partial charge in [-0.3, -0.25) is 19.4 Å². The maximum Gasteiger partial charge on any atom is 0.433 e. The molecule has 4 aliphatic rings. The summed E-state index contributed by atoms with van der Waals surface area (Å²) in [6, 6.07) is 17.8. The maximum absolute atomic E-state index is 13.4. The summed E-state index contributed by atoms with van der Waals surface area (Å²) in [7, 11) is 4.63. The highest BCUT2D eigenvalue weighted by Crippen LogP contribution is 2.38. The van der Waals surface area contributed by atoms with E-state index in [1.54, 1.807) is 34.0 Å². The van der Waals surface area contributed by atoms with E-state index in [0.717, 1.165) is 83.2 Å². The van der Waals surface area contributed by atoms with Crippen LogP contribution in [0.15, 0.2) is 77.9 Å². The van der Waals surface area contributed by atoms with E-state index in [1.807, 2.05) is 36.4 Å². The van der Waals surface area contributed by atoms with E-state index < -0.39 is 23.6 Å². The number of nitrogens with one attached hydrogen (secondary N) is 2. The van der Waals surface area contributed by atoms with Gasteiger partial charge in [0.1, 0.15) is 36.2 Å². The zero-order chi connectivity index (χ0) is 50.5. The lowest BCUT2D eigenvalue weighted by molar-refractivity contribution is -0.141. The van der Waals surface area contributed by atoms with Crippen molar-refractivity contribution in [3.8, 4) is 23.1 Å². The van der Waals surface area contributed by atoms with E-state index in [4.69, 9.17) is 18.9 Å². The van der Waals surface area contributed by atoms with Crippen LogP contribution in [0.1, 0.15) is 85.2 Å². The van der Waals surface area contributed by atoms with Crippen LogP contribution in [0.5, 0.6) is 23.1 Å². The van der Waals surface area contributed by atoms with E-state index in [1.165, 1.54) is 57.7 Å². The molecule has 4 aromatic rings. The first kappa shape index (κ1) is 51.8. The third-order valence-electron chi connectivity index (χ3n) is 13.3. The molecule has 0 unspecified atom stereocenters. The van der Waals surface area contributed by atoms with Crippen molar-refractivity contribution in [1.29, 1.82) is 0 Å². The lowest BCUT2D eigenvalue weighted by atomic mass is 9.85. The predicted octanol–water partition coefficient (Wildman–Crippen LogP) is 9.55. The number of pyridine rings is 1. The van der Waals surface area contributed by atoms with Crippen molar-refractivity contribution in [2.24, 2.45) is 11.8 Å². The summed E-state index contributed by atoms with van der Waals surface area (Å²) < 4.78 is 101. The molecular weight excluding hydrogens is 917 g/mol. The normalized spacial score (nSPS) is 16.6. The van der Waals surface area contributed by atoms with Gasteiger partial charge >= 0.3 is 12.4 Å². The van der Waals surface area contributed by atoms with Gasteiger partial charge in [-0.15, -0.1) is 0 Å². The quantitative estimate of drug-likeness (QED) is 0.113. The Morgan fingerprint density at radius 3 is 1.64 bits per heavy atom. The number of alkyl halides is 6. The van der Waals surface area contributed by atoms with Crippen molar-refractivity contribution < 1.29 is 54.9 Å². The number of carbonyl (C=O) groups excluding carboxylic acids is 2. The third kappa shape index (κ3) is 12.6. The SMILES string of the molecule is CNC(=O)C1CN(CC2=C(C)c3ccc(OCc4cc(OC(C)C)cc(C(F)(F)F)c4)cc3CC2)C1.CNC(=O)C1CN(CC2=C(C)c3ccc(OCc4ccc(C(F)(F)F)nc4OC)cc3CC2)C1. The van der Waals surface area contributed by atoms with Gasteiger partial charge < -0.3 is 29.6 Å². The molecule has 0 spiro atoms. The number of benzene rings is 3. The topological polar surface area (TPSA) is 114 Å². The molecule has 8 rings (SSSR count). The van der Waals surface area contributed by atoms with Crippen LogP contribution >= 0.6 is 0 Å². The average Bonchev–Trinajstić information content (AvgIpc) is 3.29. The van der Waals surface area contributed by atoms with Crippen molar-refractivity contribution in [2.75, 3.05) is 60.5 Å². The summed E-state index contributed by atoms with van der Waals surface area (Å²) in [5, 5.41) is 5.42. The van der Waals surface area contributed by atoms with Gasteiger partial charge in [0.05, 0.1) is 36.2 Å². The van der Waals surface area contributed by atoms with Gasteiger partial charge in [0, 0.05) is 53.4 Å². The molecule has 3 aromatic carbocycles. The summed E-state index contributed by atoms with van der Waals surface area (Å²) in [6.07, 6.45) is -5.58. The highest BCUT2D eigenvalue weighted by molar-refractivity contribution is 5.80. The van der Waals surface area contributed by atoms with Gasteiger partial charge in [-0.05, 0) is 147 Å². The van der Waals surface area contributed by atoms with E-state index in [2.05, 4.69) is 39.3 Å². The summed E-state index contributed by atoms with van der Waals surface area (Å²) in [5.74, 6) is 1.73. The van der Waals surface area contributed by atoms with Crippen molar-refractivity contribution in [3.05, 3.63) is 123 Å². The number of hydrogen-bond acceptors (Lipinski definition) is 9. The Hall–Kier alpha value is -6.07. The van der Waals surface area contributed by atoms with Crippen LogP contribution in [0.25, 0.3) is 11.1 Å². The minimum Gasteiger partial charge on any atom is -0.491 e. The Kier molecular flexibility index (Phi) is 16.2. The largest absolute Gasteiger partial charge is 0.491 e. The van der Waals surface area contributed by atoms with Crippen molar-refractivity contribution in [3.63, 3.8) is 0 Å². The number of fused-ring (bicyclic) bond motifs is 2. The zero-order valence-electron chi connectivity index (χ0n) is 40.6. The number of hydrogen-bond donors (Lipinski definition) is 2. The molecule has 2 saturated heterocycles. The number of likely N-dealkylation sites (tertiary alicyclic amines) is 2. The number of nitrogens with zero attached hydrogens (tertiary/aromatic N) is 3. The number of allylic oxidation sites excluding steroid dienone is 2. The molecule has 0 saturated carbocycles. The van der Waals surface area contributed by atoms with Crippen molar-refractivity contribution in [1.82, 2.24) is 25.4 Å². The number of amides is 2. The average molecular weight is 978 g/mol. The zero-order valence-corrected chi connectivity index (χ0v) is 40.6. The summed E-state index contributed by atoms with van der Waals surface area (Å²) in [6.45, 7) is 12.8. The van der Waals surface area contributed by atoms with Crippen LogP contribution in [0.3, 0.4) is 0 Å². The number of aryl methyl sites for hydroxylation is 2. The molecule has 2 aliphatic heterocycles. The second-order valence-corrected chi connectivity index (χ2v) is 18.6. The Morgan fingerprint density at radius 2 is 1.19 bits per heavy atom. The molecule has 3 heterocycles. The summed E-state index contributed by atoms with van der Waals surface area (Å²) in [4.78, 5) is 31.6. The van der Waals surface area contributed by atoms with Gasteiger partial charge in [0.15, 0.2) is 0 Å².